The molecule has 39 heavy (non-hydrogen) atoms. The van der Waals surface area contributed by atoms with E-state index in [0.717, 1.165) is 57.2 Å². The second-order valence-electron chi connectivity index (χ2n) is 11.3. The van der Waals surface area contributed by atoms with Crippen molar-refractivity contribution >= 4 is 21.4 Å². The van der Waals surface area contributed by atoms with Gasteiger partial charge in [0.05, 0.1) is 10.3 Å². The summed E-state index contributed by atoms with van der Waals surface area (Å²) in [6.45, 7) is 6.10. The molecule has 3 aromatic carbocycles. The van der Waals surface area contributed by atoms with E-state index in [1.165, 1.54) is 11.1 Å². The van der Waals surface area contributed by atoms with Gasteiger partial charge in [-0.3, -0.25) is 4.90 Å². The molecular formula is C34H42ClNO2S. The number of hydrogen-bond acceptors (Lipinski definition) is 3. The number of halogens is 1. The fraction of sp³-hybridized carbons (Fsp3) is 0.412. The lowest BCUT2D eigenvalue weighted by Crippen LogP contribution is -2.45. The Morgan fingerprint density at radius 3 is 1.90 bits per heavy atom. The number of rotatable bonds is 11. The maximum absolute atomic E-state index is 13.4. The molecule has 0 spiro atoms. The van der Waals surface area contributed by atoms with Crippen molar-refractivity contribution in [1.29, 1.82) is 0 Å². The molecule has 0 heterocycles. The van der Waals surface area contributed by atoms with E-state index in [4.69, 9.17) is 11.6 Å². The van der Waals surface area contributed by atoms with Gasteiger partial charge in [-0.25, -0.2) is 8.42 Å². The summed E-state index contributed by atoms with van der Waals surface area (Å²) in [4.78, 5) is 2.87. The zero-order chi connectivity index (χ0) is 27.7. The van der Waals surface area contributed by atoms with Crippen molar-refractivity contribution in [2.75, 3.05) is 0 Å². The van der Waals surface area contributed by atoms with Crippen molar-refractivity contribution in [3.63, 3.8) is 0 Å². The Kier molecular flexibility index (Phi) is 10.8. The van der Waals surface area contributed by atoms with Gasteiger partial charge in [0.15, 0.2) is 9.84 Å². The molecule has 208 valence electrons. The molecule has 1 aliphatic carbocycles. The van der Waals surface area contributed by atoms with Crippen LogP contribution in [-0.4, -0.2) is 24.7 Å². The van der Waals surface area contributed by atoms with Crippen LogP contribution >= 0.6 is 11.6 Å². The highest BCUT2D eigenvalue weighted by molar-refractivity contribution is 7.94. The van der Waals surface area contributed by atoms with Crippen LogP contribution < -0.4 is 0 Å². The fourth-order valence-electron chi connectivity index (χ4n) is 5.79. The van der Waals surface area contributed by atoms with Gasteiger partial charge in [0.25, 0.3) is 0 Å². The van der Waals surface area contributed by atoms with Gasteiger partial charge in [0, 0.05) is 24.5 Å². The first-order chi connectivity index (χ1) is 18.8. The molecule has 0 aromatic heterocycles. The zero-order valence-corrected chi connectivity index (χ0v) is 24.8. The second kappa shape index (κ2) is 14.3. The van der Waals surface area contributed by atoms with Crippen LogP contribution in [0.2, 0.25) is 0 Å². The van der Waals surface area contributed by atoms with Gasteiger partial charge < -0.3 is 0 Å². The van der Waals surface area contributed by atoms with Crippen LogP contribution in [0, 0.1) is 11.8 Å². The fourth-order valence-corrected chi connectivity index (χ4v) is 7.70. The molecule has 0 saturated heterocycles. The monoisotopic (exact) mass is 563 g/mol. The molecule has 0 radical (unpaired) electrons. The molecule has 3 nitrogen and oxygen atoms in total. The molecule has 3 atom stereocenters. The van der Waals surface area contributed by atoms with Crippen LogP contribution in [0.1, 0.15) is 63.5 Å². The van der Waals surface area contributed by atoms with E-state index < -0.39 is 9.84 Å². The van der Waals surface area contributed by atoms with Crippen molar-refractivity contribution in [2.24, 2.45) is 11.8 Å². The SMILES string of the molecule is CC(C)C[C@@H]([C@H](Cl)[C@@H]1CCCCC/C1=C\S(=O)(=O)c1ccccc1)N(Cc1ccccc1)Cc1ccccc1. The summed E-state index contributed by atoms with van der Waals surface area (Å²) < 4.78 is 26.8. The van der Waals surface area contributed by atoms with Gasteiger partial charge in [-0.15, -0.1) is 11.6 Å². The Bertz CT molecular complexity index is 1240. The van der Waals surface area contributed by atoms with Crippen LogP contribution in [0.3, 0.4) is 0 Å². The second-order valence-corrected chi connectivity index (χ2v) is 13.6. The summed E-state index contributed by atoms with van der Waals surface area (Å²) in [5, 5.41) is 1.36. The molecular weight excluding hydrogens is 522 g/mol. The predicted octanol–water partition coefficient (Wildman–Crippen LogP) is 8.65. The van der Waals surface area contributed by atoms with Crippen molar-refractivity contribution in [3.8, 4) is 0 Å². The molecule has 0 bridgehead atoms. The Hall–Kier alpha value is -2.40. The van der Waals surface area contributed by atoms with E-state index in [-0.39, 0.29) is 17.3 Å². The maximum Gasteiger partial charge on any atom is 0.199 e. The molecule has 1 saturated carbocycles. The Balaban J connectivity index is 1.71. The van der Waals surface area contributed by atoms with E-state index in [0.29, 0.717) is 10.8 Å². The highest BCUT2D eigenvalue weighted by atomic mass is 35.5. The maximum atomic E-state index is 13.4. The minimum atomic E-state index is -3.54. The summed E-state index contributed by atoms with van der Waals surface area (Å²) >= 11 is 7.56. The molecule has 5 heteroatoms. The number of benzene rings is 3. The van der Waals surface area contributed by atoms with E-state index in [1.807, 2.05) is 6.07 Å². The van der Waals surface area contributed by atoms with Crippen LogP contribution in [-0.2, 0) is 22.9 Å². The summed E-state index contributed by atoms with van der Waals surface area (Å²) in [7, 11) is -3.54. The molecule has 0 aliphatic heterocycles. The standard InChI is InChI=1S/C34H42ClNO2S/c1-27(2)23-33(36(24-28-15-7-3-8-16-28)25-29-17-9-4-10-18-29)34(35)32-22-14-5-11-19-30(32)26-39(37,38)31-20-12-6-13-21-31/h3-4,6-10,12-13,15-18,20-21,26-27,32-34H,5,11,14,19,22-25H2,1-2H3/b30-26+/t32-,33+,34-/m1/s1. The Labute approximate surface area is 240 Å². The first-order valence-corrected chi connectivity index (χ1v) is 16.3. The molecule has 4 rings (SSSR count). The molecule has 1 fully saturated rings. The lowest BCUT2D eigenvalue weighted by Gasteiger charge is -2.39. The van der Waals surface area contributed by atoms with Gasteiger partial charge in [-0.2, -0.15) is 0 Å². The highest BCUT2D eigenvalue weighted by Gasteiger charge is 2.35. The number of hydrogen-bond donors (Lipinski definition) is 0. The van der Waals surface area contributed by atoms with Crippen molar-refractivity contribution in [1.82, 2.24) is 4.90 Å². The van der Waals surface area contributed by atoms with Gasteiger partial charge in [0.1, 0.15) is 0 Å². The average molecular weight is 564 g/mol. The van der Waals surface area contributed by atoms with Crippen LogP contribution in [0.15, 0.2) is 107 Å². The molecule has 0 unspecified atom stereocenters. The van der Waals surface area contributed by atoms with Crippen LogP contribution in [0.5, 0.6) is 0 Å². The quantitative estimate of drug-likeness (QED) is 0.173. The third kappa shape index (κ3) is 8.54. The minimum Gasteiger partial charge on any atom is -0.290 e. The van der Waals surface area contributed by atoms with Gasteiger partial charge >= 0.3 is 0 Å². The van der Waals surface area contributed by atoms with Gasteiger partial charge in [0.2, 0.25) is 0 Å². The normalized spacial score (nSPS) is 19.2. The van der Waals surface area contributed by atoms with Crippen molar-refractivity contribution in [2.45, 2.75) is 81.8 Å². The summed E-state index contributed by atoms with van der Waals surface area (Å²) in [6, 6.07) is 30.0. The number of sulfone groups is 1. The first kappa shape index (κ1) is 29.6. The Morgan fingerprint density at radius 2 is 1.36 bits per heavy atom. The largest absolute Gasteiger partial charge is 0.290 e. The van der Waals surface area contributed by atoms with E-state index in [2.05, 4.69) is 79.4 Å². The molecule has 0 amide bonds. The predicted molar refractivity (Wildman–Crippen MR) is 163 cm³/mol. The average Bonchev–Trinajstić information content (AvgIpc) is 3.17. The van der Waals surface area contributed by atoms with Crippen LogP contribution in [0.4, 0.5) is 0 Å². The molecule has 1 aliphatic rings. The highest BCUT2D eigenvalue weighted by Crippen LogP contribution is 2.38. The Morgan fingerprint density at radius 1 is 0.821 bits per heavy atom. The van der Waals surface area contributed by atoms with E-state index in [1.54, 1.807) is 29.7 Å². The minimum absolute atomic E-state index is 0.0189. The third-order valence-corrected chi connectivity index (χ3v) is 9.86. The van der Waals surface area contributed by atoms with Crippen molar-refractivity contribution < 1.29 is 8.42 Å². The van der Waals surface area contributed by atoms with Gasteiger partial charge in [-0.1, -0.05) is 111 Å². The number of nitrogens with zero attached hydrogens (tertiary/aromatic N) is 1. The van der Waals surface area contributed by atoms with Crippen molar-refractivity contribution in [3.05, 3.63) is 113 Å². The number of alkyl halides is 1. The zero-order valence-electron chi connectivity index (χ0n) is 23.3. The first-order valence-electron chi connectivity index (χ1n) is 14.3. The van der Waals surface area contributed by atoms with Gasteiger partial charge in [-0.05, 0) is 60.8 Å². The third-order valence-electron chi connectivity index (χ3n) is 7.73. The van der Waals surface area contributed by atoms with E-state index in [9.17, 15) is 8.42 Å². The lowest BCUT2D eigenvalue weighted by molar-refractivity contribution is 0.137. The smallest absolute Gasteiger partial charge is 0.199 e. The summed E-state index contributed by atoms with van der Waals surface area (Å²) in [5.41, 5.74) is 3.51. The summed E-state index contributed by atoms with van der Waals surface area (Å²) in [6.07, 6.45) is 5.83. The van der Waals surface area contributed by atoms with E-state index >= 15 is 0 Å². The van der Waals surface area contributed by atoms with Crippen LogP contribution in [0.25, 0.3) is 0 Å². The topological polar surface area (TPSA) is 37.4 Å². The lowest BCUT2D eigenvalue weighted by atomic mass is 9.84. The molecule has 0 N–H and O–H groups in total. The molecule has 3 aromatic rings. The summed E-state index contributed by atoms with van der Waals surface area (Å²) in [5.74, 6) is 0.474. The number of allylic oxidation sites excluding steroid dienone is 1.